The fourth-order valence-corrected chi connectivity index (χ4v) is 4.01. The minimum absolute atomic E-state index is 0.157. The molecule has 30 heavy (non-hydrogen) atoms. The van der Waals surface area contributed by atoms with Crippen LogP contribution in [0.1, 0.15) is 59.8 Å². The summed E-state index contributed by atoms with van der Waals surface area (Å²) in [7, 11) is 0. The summed E-state index contributed by atoms with van der Waals surface area (Å²) in [5.74, 6) is 1.09. The second kappa shape index (κ2) is 9.26. The van der Waals surface area contributed by atoms with Crippen molar-refractivity contribution in [3.05, 3.63) is 83.4 Å². The number of nitrogens with one attached hydrogen (secondary N) is 1. The second-order valence-corrected chi connectivity index (χ2v) is 8.16. The molecule has 1 aliphatic rings. The maximum Gasteiger partial charge on any atom is 0.163 e. The third kappa shape index (κ3) is 4.62. The molecule has 0 bridgehead atoms. The van der Waals surface area contributed by atoms with E-state index in [2.05, 4.69) is 36.3 Å². The lowest BCUT2D eigenvalue weighted by atomic mass is 9.86. The average molecular weight is 404 g/mol. The summed E-state index contributed by atoms with van der Waals surface area (Å²) in [5, 5.41) is 3.52. The van der Waals surface area contributed by atoms with Crippen molar-refractivity contribution in [3.63, 3.8) is 0 Å². The quantitative estimate of drug-likeness (QED) is 0.591. The van der Waals surface area contributed by atoms with Crippen molar-refractivity contribution in [2.24, 2.45) is 0 Å². The van der Waals surface area contributed by atoms with Crippen molar-refractivity contribution in [3.8, 4) is 5.75 Å². The van der Waals surface area contributed by atoms with Crippen LogP contribution in [0.3, 0.4) is 0 Å². The largest absolute Gasteiger partial charge is 0.484 e. The number of ketones is 1. The molecule has 1 atom stereocenters. The van der Waals surface area contributed by atoms with E-state index in [0.29, 0.717) is 25.6 Å². The predicted molar refractivity (Wildman–Crippen MR) is 118 cm³/mol. The van der Waals surface area contributed by atoms with E-state index in [1.165, 1.54) is 0 Å². The van der Waals surface area contributed by atoms with Crippen molar-refractivity contribution < 1.29 is 9.53 Å². The summed E-state index contributed by atoms with van der Waals surface area (Å²) in [4.78, 5) is 16.6. The Balaban J connectivity index is 1.70. The van der Waals surface area contributed by atoms with E-state index in [4.69, 9.17) is 4.74 Å². The Kier molecular flexibility index (Phi) is 6.29. The molecule has 4 rings (SSSR count). The number of benzene rings is 2. The number of ether oxygens (including phenoxy) is 1. The summed E-state index contributed by atoms with van der Waals surface area (Å²) in [5.41, 5.74) is 4.23. The maximum atomic E-state index is 12.5. The highest BCUT2D eigenvalue weighted by Crippen LogP contribution is 2.34. The predicted octanol–water partition coefficient (Wildman–Crippen LogP) is 4.72. The number of carbonyl (C=O) groups is 1. The van der Waals surface area contributed by atoms with E-state index in [-0.39, 0.29) is 11.9 Å². The highest BCUT2D eigenvalue weighted by atomic mass is 16.5. The summed E-state index contributed by atoms with van der Waals surface area (Å²) in [6.45, 7) is 5.62. The van der Waals surface area contributed by atoms with Crippen LogP contribution in [0, 0.1) is 0 Å². The van der Waals surface area contributed by atoms with E-state index < -0.39 is 0 Å². The maximum absolute atomic E-state index is 12.5. The normalized spacial score (nSPS) is 14.6. The molecule has 0 radical (unpaired) electrons. The Morgan fingerprint density at radius 3 is 2.70 bits per heavy atom. The number of carbonyl (C=O) groups excluding carboxylic acids is 1. The molecule has 5 nitrogen and oxygen atoms in total. The Bertz CT molecular complexity index is 981. The molecule has 1 aliphatic carbocycles. The van der Waals surface area contributed by atoms with Crippen LogP contribution in [0.2, 0.25) is 0 Å². The molecule has 156 valence electrons. The lowest BCUT2D eigenvalue weighted by Crippen LogP contribution is -2.25. The van der Waals surface area contributed by atoms with Crippen LogP contribution in [-0.2, 0) is 19.5 Å². The summed E-state index contributed by atoms with van der Waals surface area (Å²) in [6, 6.07) is 14.5. The molecular weight excluding hydrogens is 374 g/mol. The number of fused-ring (bicyclic) bond motifs is 1. The number of rotatable bonds is 8. The van der Waals surface area contributed by atoms with Crippen molar-refractivity contribution in [2.45, 2.75) is 58.3 Å². The van der Waals surface area contributed by atoms with Crippen molar-refractivity contribution in [2.75, 3.05) is 0 Å². The number of Topliss-reactive ketones (excluding diaryl/α,β-unsaturated/α-hetero) is 1. The first kappa shape index (κ1) is 20.4. The van der Waals surface area contributed by atoms with Gasteiger partial charge in [0.15, 0.2) is 5.78 Å². The van der Waals surface area contributed by atoms with Gasteiger partial charge in [0.05, 0.1) is 12.9 Å². The van der Waals surface area contributed by atoms with Crippen LogP contribution in [-0.4, -0.2) is 21.4 Å². The van der Waals surface area contributed by atoms with E-state index >= 15 is 0 Å². The van der Waals surface area contributed by atoms with Crippen molar-refractivity contribution >= 4 is 5.78 Å². The zero-order chi connectivity index (χ0) is 20.9. The number of imidazole rings is 1. The minimum atomic E-state index is -0.157. The van der Waals surface area contributed by atoms with Gasteiger partial charge in [0.1, 0.15) is 11.9 Å². The highest BCUT2D eigenvalue weighted by Gasteiger charge is 2.24. The van der Waals surface area contributed by atoms with Gasteiger partial charge in [-0.15, -0.1) is 0 Å². The standard InChI is InChI=1S/C25H29N3O2/c1-18(2)27-15-22-20-9-6-10-23(29)21(20)11-12-24(22)30-25(16-28-14-13-26-17-28)19-7-4-3-5-8-19/h3-5,7-8,11-14,17-18,25,27H,6,9-10,15-16H2,1-2H3/t25-/m1/s1. The molecular formula is C25H29N3O2. The monoisotopic (exact) mass is 403 g/mol. The van der Waals surface area contributed by atoms with Crippen LogP contribution >= 0.6 is 0 Å². The van der Waals surface area contributed by atoms with Gasteiger partial charge in [-0.2, -0.15) is 0 Å². The van der Waals surface area contributed by atoms with Gasteiger partial charge in [0.25, 0.3) is 0 Å². The highest BCUT2D eigenvalue weighted by molar-refractivity contribution is 5.99. The molecule has 1 N–H and O–H groups in total. The van der Waals surface area contributed by atoms with E-state index in [9.17, 15) is 4.79 Å². The van der Waals surface area contributed by atoms with Gasteiger partial charge in [-0.1, -0.05) is 44.2 Å². The molecule has 0 unspecified atom stereocenters. The molecule has 2 aromatic carbocycles. The van der Waals surface area contributed by atoms with Gasteiger partial charge < -0.3 is 14.6 Å². The van der Waals surface area contributed by atoms with E-state index in [1.54, 1.807) is 6.20 Å². The Morgan fingerprint density at radius 2 is 1.97 bits per heavy atom. The fraction of sp³-hybridized carbons (Fsp3) is 0.360. The number of nitrogens with zero attached hydrogens (tertiary/aromatic N) is 2. The Morgan fingerprint density at radius 1 is 1.13 bits per heavy atom. The summed E-state index contributed by atoms with van der Waals surface area (Å²) in [6.07, 6.45) is 7.85. The third-order valence-corrected chi connectivity index (χ3v) is 5.58. The first-order valence-electron chi connectivity index (χ1n) is 10.7. The van der Waals surface area contributed by atoms with E-state index in [1.807, 2.05) is 47.4 Å². The van der Waals surface area contributed by atoms with Crippen LogP contribution in [0.4, 0.5) is 0 Å². The molecule has 5 heteroatoms. The molecule has 0 fully saturated rings. The molecule has 0 saturated heterocycles. The third-order valence-electron chi connectivity index (χ3n) is 5.58. The minimum Gasteiger partial charge on any atom is -0.484 e. The molecule has 1 heterocycles. The van der Waals surface area contributed by atoms with Crippen LogP contribution < -0.4 is 10.1 Å². The van der Waals surface area contributed by atoms with Crippen LogP contribution in [0.25, 0.3) is 0 Å². The molecule has 1 aromatic heterocycles. The molecule has 0 saturated carbocycles. The molecule has 0 aliphatic heterocycles. The lowest BCUT2D eigenvalue weighted by Gasteiger charge is -2.26. The molecule has 0 spiro atoms. The number of hydrogen-bond acceptors (Lipinski definition) is 4. The van der Waals surface area contributed by atoms with Crippen LogP contribution in [0.15, 0.2) is 61.2 Å². The summed E-state index contributed by atoms with van der Waals surface area (Å²) >= 11 is 0. The van der Waals surface area contributed by atoms with E-state index in [0.717, 1.165) is 40.8 Å². The van der Waals surface area contributed by atoms with Gasteiger partial charge >= 0.3 is 0 Å². The Hall–Kier alpha value is -2.92. The lowest BCUT2D eigenvalue weighted by molar-refractivity contribution is 0.0972. The molecule has 3 aromatic rings. The van der Waals surface area contributed by atoms with Crippen LogP contribution in [0.5, 0.6) is 5.75 Å². The van der Waals surface area contributed by atoms with Gasteiger partial charge in [-0.25, -0.2) is 4.98 Å². The molecule has 0 amide bonds. The van der Waals surface area contributed by atoms with Gasteiger partial charge in [-0.3, -0.25) is 4.79 Å². The zero-order valence-electron chi connectivity index (χ0n) is 17.7. The van der Waals surface area contributed by atoms with Gasteiger partial charge in [-0.05, 0) is 36.1 Å². The average Bonchev–Trinajstić information content (AvgIpc) is 3.26. The SMILES string of the molecule is CC(C)NCc1c(O[C@H](Cn2ccnc2)c2ccccc2)ccc2c1CCCC2=O. The first-order chi connectivity index (χ1) is 14.6. The summed E-state index contributed by atoms with van der Waals surface area (Å²) < 4.78 is 8.67. The van der Waals surface area contributed by atoms with Gasteiger partial charge in [0.2, 0.25) is 0 Å². The Labute approximate surface area is 178 Å². The zero-order valence-corrected chi connectivity index (χ0v) is 17.7. The van der Waals surface area contributed by atoms with Crippen molar-refractivity contribution in [1.82, 2.24) is 14.9 Å². The fourth-order valence-electron chi connectivity index (χ4n) is 4.01. The second-order valence-electron chi connectivity index (χ2n) is 8.16. The first-order valence-corrected chi connectivity index (χ1v) is 10.7. The van der Waals surface area contributed by atoms with Gasteiger partial charge in [0, 0.05) is 42.5 Å². The smallest absolute Gasteiger partial charge is 0.163 e. The number of hydrogen-bond donors (Lipinski definition) is 1. The van der Waals surface area contributed by atoms with Crippen molar-refractivity contribution in [1.29, 1.82) is 0 Å². The topological polar surface area (TPSA) is 56.1 Å². The number of aromatic nitrogens is 2.